The van der Waals surface area contributed by atoms with Crippen molar-refractivity contribution < 1.29 is 4.79 Å². The molecule has 1 aliphatic carbocycles. The quantitative estimate of drug-likeness (QED) is 0.893. The van der Waals surface area contributed by atoms with Gasteiger partial charge in [0, 0.05) is 5.92 Å². The van der Waals surface area contributed by atoms with Crippen LogP contribution in [0.1, 0.15) is 44.7 Å². The van der Waals surface area contributed by atoms with Crippen LogP contribution in [-0.4, -0.2) is 19.0 Å². The lowest BCUT2D eigenvalue weighted by Gasteiger charge is -2.26. The zero-order chi connectivity index (χ0) is 14.9. The van der Waals surface area contributed by atoms with Crippen LogP contribution < -0.4 is 10.6 Å². The molecule has 4 heteroatoms. The number of rotatable bonds is 4. The van der Waals surface area contributed by atoms with Gasteiger partial charge in [-0.15, -0.1) is 12.4 Å². The Kier molecular flexibility index (Phi) is 5.51. The molecule has 1 aromatic rings. The van der Waals surface area contributed by atoms with Crippen molar-refractivity contribution in [1.82, 2.24) is 10.6 Å². The standard InChI is InChI=1S/C18H26N2O.ClH/c1-13(2)16(14-6-4-3-5-7-14)20-17(21)15-12-18(15)8-10-19-11-9-18;/h3-7,13,15-16,19H,8-12H2,1-2H3,(H,20,21);1H. The van der Waals surface area contributed by atoms with Crippen LogP contribution in [0.2, 0.25) is 0 Å². The molecular formula is C18H27ClN2O. The molecule has 2 aliphatic rings. The minimum absolute atomic E-state index is 0. The molecule has 122 valence electrons. The summed E-state index contributed by atoms with van der Waals surface area (Å²) < 4.78 is 0. The summed E-state index contributed by atoms with van der Waals surface area (Å²) in [6, 6.07) is 10.5. The highest BCUT2D eigenvalue weighted by molar-refractivity contribution is 5.85. The molecule has 3 rings (SSSR count). The van der Waals surface area contributed by atoms with E-state index in [4.69, 9.17) is 0 Å². The van der Waals surface area contributed by atoms with Gasteiger partial charge in [-0.25, -0.2) is 0 Å². The second-order valence-electron chi connectivity index (χ2n) is 7.01. The lowest BCUT2D eigenvalue weighted by atomic mass is 9.91. The van der Waals surface area contributed by atoms with Gasteiger partial charge in [0.2, 0.25) is 5.91 Å². The van der Waals surface area contributed by atoms with Gasteiger partial charge in [0.1, 0.15) is 0 Å². The van der Waals surface area contributed by atoms with Crippen molar-refractivity contribution in [3.8, 4) is 0 Å². The zero-order valence-electron chi connectivity index (χ0n) is 13.5. The summed E-state index contributed by atoms with van der Waals surface area (Å²) in [5.74, 6) is 0.906. The summed E-state index contributed by atoms with van der Waals surface area (Å²) in [7, 11) is 0. The van der Waals surface area contributed by atoms with Crippen molar-refractivity contribution in [2.45, 2.75) is 39.2 Å². The van der Waals surface area contributed by atoms with E-state index in [1.165, 1.54) is 5.56 Å². The number of carbonyl (C=O) groups excluding carboxylic acids is 1. The molecular weight excluding hydrogens is 296 g/mol. The molecule has 1 heterocycles. The van der Waals surface area contributed by atoms with Crippen molar-refractivity contribution in [2.75, 3.05) is 13.1 Å². The van der Waals surface area contributed by atoms with Crippen molar-refractivity contribution in [2.24, 2.45) is 17.3 Å². The predicted molar refractivity (Wildman–Crippen MR) is 92.1 cm³/mol. The monoisotopic (exact) mass is 322 g/mol. The number of halogens is 1. The Morgan fingerprint density at radius 3 is 2.45 bits per heavy atom. The summed E-state index contributed by atoms with van der Waals surface area (Å²) in [6.07, 6.45) is 3.39. The lowest BCUT2D eigenvalue weighted by Crippen LogP contribution is -2.36. The molecule has 1 aliphatic heterocycles. The van der Waals surface area contributed by atoms with Crippen LogP contribution in [0, 0.1) is 17.3 Å². The fraction of sp³-hybridized carbons (Fsp3) is 0.611. The second kappa shape index (κ2) is 7.01. The Hall–Kier alpha value is -1.06. The van der Waals surface area contributed by atoms with Gasteiger partial charge in [-0.2, -0.15) is 0 Å². The number of carbonyl (C=O) groups is 1. The van der Waals surface area contributed by atoms with Gasteiger partial charge < -0.3 is 10.6 Å². The fourth-order valence-electron chi connectivity index (χ4n) is 3.74. The second-order valence-corrected chi connectivity index (χ2v) is 7.01. The van der Waals surface area contributed by atoms with Crippen LogP contribution in [-0.2, 0) is 4.79 Å². The third-order valence-electron chi connectivity index (χ3n) is 5.23. The summed E-state index contributed by atoms with van der Waals surface area (Å²) in [5.41, 5.74) is 1.52. The molecule has 2 fully saturated rings. The number of amides is 1. The van der Waals surface area contributed by atoms with Crippen molar-refractivity contribution in [3.05, 3.63) is 35.9 Å². The van der Waals surface area contributed by atoms with E-state index in [0.29, 0.717) is 11.3 Å². The Morgan fingerprint density at radius 1 is 1.23 bits per heavy atom. The number of benzene rings is 1. The molecule has 2 N–H and O–H groups in total. The lowest BCUT2D eigenvalue weighted by molar-refractivity contribution is -0.124. The van der Waals surface area contributed by atoms with Crippen molar-refractivity contribution >= 4 is 18.3 Å². The summed E-state index contributed by atoms with van der Waals surface area (Å²) in [5, 5.41) is 6.70. The maximum absolute atomic E-state index is 12.6. The first-order valence-corrected chi connectivity index (χ1v) is 8.18. The van der Waals surface area contributed by atoms with E-state index in [9.17, 15) is 4.79 Å². The molecule has 2 unspecified atom stereocenters. The summed E-state index contributed by atoms with van der Waals surface area (Å²) in [6.45, 7) is 6.47. The largest absolute Gasteiger partial charge is 0.349 e. The molecule has 1 spiro atoms. The molecule has 1 saturated heterocycles. The van der Waals surface area contributed by atoms with Crippen molar-refractivity contribution in [3.63, 3.8) is 0 Å². The highest BCUT2D eigenvalue weighted by atomic mass is 35.5. The van der Waals surface area contributed by atoms with Gasteiger partial charge >= 0.3 is 0 Å². The fourth-order valence-corrected chi connectivity index (χ4v) is 3.74. The predicted octanol–water partition coefficient (Wildman–Crippen LogP) is 3.31. The Bertz CT molecular complexity index is 497. The van der Waals surface area contributed by atoms with Gasteiger partial charge in [-0.3, -0.25) is 4.79 Å². The number of piperidine rings is 1. The maximum Gasteiger partial charge on any atom is 0.224 e. The van der Waals surface area contributed by atoms with Crippen LogP contribution >= 0.6 is 12.4 Å². The minimum atomic E-state index is 0. The zero-order valence-corrected chi connectivity index (χ0v) is 14.3. The highest BCUT2D eigenvalue weighted by Gasteiger charge is 2.57. The van der Waals surface area contributed by atoms with Gasteiger partial charge in [-0.05, 0) is 49.2 Å². The van der Waals surface area contributed by atoms with Crippen LogP contribution in [0.4, 0.5) is 0 Å². The first-order valence-electron chi connectivity index (χ1n) is 8.18. The normalized spacial score (nSPS) is 23.7. The van der Waals surface area contributed by atoms with E-state index in [1.807, 2.05) is 18.2 Å². The third kappa shape index (κ3) is 3.47. The smallest absolute Gasteiger partial charge is 0.224 e. The molecule has 0 aromatic heterocycles. The maximum atomic E-state index is 12.6. The summed E-state index contributed by atoms with van der Waals surface area (Å²) in [4.78, 5) is 12.6. The SMILES string of the molecule is CC(C)C(NC(=O)C1CC12CCNCC2)c1ccccc1.Cl. The molecule has 3 nitrogen and oxygen atoms in total. The van der Waals surface area contributed by atoms with Crippen LogP contribution in [0.3, 0.4) is 0 Å². The first kappa shape index (κ1) is 17.3. The summed E-state index contributed by atoms with van der Waals surface area (Å²) >= 11 is 0. The Morgan fingerprint density at radius 2 is 1.86 bits per heavy atom. The van der Waals surface area contributed by atoms with Crippen LogP contribution in [0.5, 0.6) is 0 Å². The Labute approximate surface area is 139 Å². The van der Waals surface area contributed by atoms with E-state index in [2.05, 4.69) is 36.6 Å². The van der Waals surface area contributed by atoms with E-state index in [-0.39, 0.29) is 30.3 Å². The average Bonchev–Trinajstić information content (AvgIpc) is 3.19. The number of hydrogen-bond acceptors (Lipinski definition) is 2. The van der Waals surface area contributed by atoms with E-state index in [1.54, 1.807) is 0 Å². The molecule has 22 heavy (non-hydrogen) atoms. The van der Waals surface area contributed by atoms with Gasteiger partial charge in [0.05, 0.1) is 6.04 Å². The average molecular weight is 323 g/mol. The third-order valence-corrected chi connectivity index (χ3v) is 5.23. The topological polar surface area (TPSA) is 41.1 Å². The van der Waals surface area contributed by atoms with E-state index in [0.717, 1.165) is 32.4 Å². The molecule has 1 amide bonds. The van der Waals surface area contributed by atoms with Crippen molar-refractivity contribution in [1.29, 1.82) is 0 Å². The first-order chi connectivity index (χ1) is 10.1. The molecule has 1 aromatic carbocycles. The molecule has 2 atom stereocenters. The van der Waals surface area contributed by atoms with E-state index < -0.39 is 0 Å². The Balaban J connectivity index is 0.00000176. The minimum Gasteiger partial charge on any atom is -0.349 e. The number of hydrogen-bond donors (Lipinski definition) is 2. The van der Waals surface area contributed by atoms with E-state index >= 15 is 0 Å². The number of nitrogens with one attached hydrogen (secondary N) is 2. The van der Waals surface area contributed by atoms with Crippen LogP contribution in [0.25, 0.3) is 0 Å². The van der Waals surface area contributed by atoms with Crippen LogP contribution in [0.15, 0.2) is 30.3 Å². The van der Waals surface area contributed by atoms with Gasteiger partial charge in [0.15, 0.2) is 0 Å². The van der Waals surface area contributed by atoms with Gasteiger partial charge in [-0.1, -0.05) is 44.2 Å². The van der Waals surface area contributed by atoms with Gasteiger partial charge in [0.25, 0.3) is 0 Å². The molecule has 0 radical (unpaired) electrons. The highest BCUT2D eigenvalue weighted by Crippen LogP contribution is 2.58. The molecule has 0 bridgehead atoms. The molecule has 1 saturated carbocycles.